The lowest BCUT2D eigenvalue weighted by molar-refractivity contribution is 0.102. The zero-order valence-corrected chi connectivity index (χ0v) is 17.8. The van der Waals surface area contributed by atoms with Crippen LogP contribution in [0.5, 0.6) is 17.2 Å². The number of carbonyl (C=O) groups excluding carboxylic acids is 1. The number of hydrogen-bond acceptors (Lipinski definition) is 6. The average molecular weight is 442 g/mol. The SMILES string of the molecule is COc1cccc(OCc2cc(C(=O)Nc3ccc(S(N)(=O)=O)cc3)ccc2OC)c1. The van der Waals surface area contributed by atoms with Gasteiger partial charge in [0.15, 0.2) is 0 Å². The summed E-state index contributed by atoms with van der Waals surface area (Å²) >= 11 is 0. The molecular formula is C22H22N2O6S. The lowest BCUT2D eigenvalue weighted by atomic mass is 10.1. The molecule has 3 aromatic rings. The van der Waals surface area contributed by atoms with Crippen molar-refractivity contribution in [1.29, 1.82) is 0 Å². The van der Waals surface area contributed by atoms with E-state index in [4.69, 9.17) is 19.3 Å². The van der Waals surface area contributed by atoms with E-state index in [1.165, 1.54) is 31.4 Å². The van der Waals surface area contributed by atoms with Gasteiger partial charge in [-0.15, -0.1) is 0 Å². The summed E-state index contributed by atoms with van der Waals surface area (Å²) in [5.41, 5.74) is 1.51. The third-order valence-electron chi connectivity index (χ3n) is 4.42. The van der Waals surface area contributed by atoms with Gasteiger partial charge in [-0.2, -0.15) is 0 Å². The molecule has 0 heterocycles. The van der Waals surface area contributed by atoms with Crippen LogP contribution in [0.2, 0.25) is 0 Å². The maximum absolute atomic E-state index is 12.7. The lowest BCUT2D eigenvalue weighted by Gasteiger charge is -2.13. The van der Waals surface area contributed by atoms with Gasteiger partial charge in [-0.25, -0.2) is 13.6 Å². The van der Waals surface area contributed by atoms with Crippen LogP contribution in [0.25, 0.3) is 0 Å². The molecule has 3 N–H and O–H groups in total. The molecule has 0 aromatic heterocycles. The third kappa shape index (κ3) is 5.74. The summed E-state index contributed by atoms with van der Waals surface area (Å²) in [6.07, 6.45) is 0. The molecule has 0 saturated heterocycles. The normalized spacial score (nSPS) is 10.9. The number of ether oxygens (including phenoxy) is 3. The smallest absolute Gasteiger partial charge is 0.255 e. The van der Waals surface area contributed by atoms with E-state index in [9.17, 15) is 13.2 Å². The molecule has 31 heavy (non-hydrogen) atoms. The molecule has 162 valence electrons. The number of benzene rings is 3. The van der Waals surface area contributed by atoms with Crippen molar-refractivity contribution >= 4 is 21.6 Å². The van der Waals surface area contributed by atoms with E-state index in [1.807, 2.05) is 12.1 Å². The Labute approximate surface area is 180 Å². The second kappa shape index (κ2) is 9.50. The fourth-order valence-electron chi connectivity index (χ4n) is 2.82. The van der Waals surface area contributed by atoms with Crippen molar-refractivity contribution in [2.24, 2.45) is 5.14 Å². The Hall–Kier alpha value is -3.56. The summed E-state index contributed by atoms with van der Waals surface area (Å²) in [7, 11) is -0.681. The Bertz CT molecular complexity index is 1180. The number of carbonyl (C=O) groups is 1. The molecule has 0 radical (unpaired) electrons. The molecule has 3 aromatic carbocycles. The Morgan fingerprint density at radius 3 is 2.29 bits per heavy atom. The summed E-state index contributed by atoms with van der Waals surface area (Å²) in [6, 6.07) is 17.8. The predicted octanol–water partition coefficient (Wildman–Crippen LogP) is 3.18. The molecule has 0 spiro atoms. The summed E-state index contributed by atoms with van der Waals surface area (Å²) in [4.78, 5) is 12.6. The molecule has 0 fully saturated rings. The van der Waals surface area contributed by atoms with Gasteiger partial charge >= 0.3 is 0 Å². The predicted molar refractivity (Wildman–Crippen MR) is 116 cm³/mol. The zero-order valence-electron chi connectivity index (χ0n) is 17.0. The summed E-state index contributed by atoms with van der Waals surface area (Å²) < 4.78 is 39.1. The van der Waals surface area contributed by atoms with Gasteiger partial charge in [0.05, 0.1) is 19.1 Å². The number of anilines is 1. The molecule has 0 bridgehead atoms. The molecule has 0 aliphatic rings. The van der Waals surface area contributed by atoms with E-state index >= 15 is 0 Å². The van der Waals surface area contributed by atoms with Crippen molar-refractivity contribution in [1.82, 2.24) is 0 Å². The van der Waals surface area contributed by atoms with E-state index in [0.29, 0.717) is 34.1 Å². The van der Waals surface area contributed by atoms with Crippen molar-refractivity contribution in [2.75, 3.05) is 19.5 Å². The van der Waals surface area contributed by atoms with Crippen LogP contribution in [0.1, 0.15) is 15.9 Å². The van der Waals surface area contributed by atoms with Gasteiger partial charge in [-0.3, -0.25) is 4.79 Å². The molecule has 1 amide bonds. The van der Waals surface area contributed by atoms with Gasteiger partial charge in [0.2, 0.25) is 10.0 Å². The largest absolute Gasteiger partial charge is 0.497 e. The molecule has 9 heteroatoms. The van der Waals surface area contributed by atoms with Crippen LogP contribution in [0, 0.1) is 0 Å². The molecule has 0 aliphatic carbocycles. The van der Waals surface area contributed by atoms with E-state index in [-0.39, 0.29) is 17.4 Å². The van der Waals surface area contributed by atoms with E-state index in [1.54, 1.807) is 37.4 Å². The highest BCUT2D eigenvalue weighted by molar-refractivity contribution is 7.89. The van der Waals surface area contributed by atoms with Crippen LogP contribution in [0.4, 0.5) is 5.69 Å². The molecule has 0 unspecified atom stereocenters. The standard InChI is InChI=1S/C22H22N2O6S/c1-28-18-4-3-5-19(13-18)30-14-16-12-15(6-11-21(16)29-2)22(25)24-17-7-9-20(10-8-17)31(23,26)27/h3-13H,14H2,1-2H3,(H,24,25)(H2,23,26,27). The van der Waals surface area contributed by atoms with Crippen molar-refractivity contribution < 1.29 is 27.4 Å². The number of amides is 1. The number of nitrogens with two attached hydrogens (primary N) is 1. The first-order valence-corrected chi connectivity index (χ1v) is 10.7. The second-order valence-corrected chi connectivity index (χ2v) is 8.08. The molecule has 0 aliphatic heterocycles. The number of hydrogen-bond donors (Lipinski definition) is 2. The van der Waals surface area contributed by atoms with Gasteiger partial charge in [-0.05, 0) is 54.6 Å². The van der Waals surface area contributed by atoms with Crippen molar-refractivity contribution in [2.45, 2.75) is 11.5 Å². The van der Waals surface area contributed by atoms with Crippen LogP contribution >= 0.6 is 0 Å². The first kappa shape index (κ1) is 22.1. The first-order chi connectivity index (χ1) is 14.8. The second-order valence-electron chi connectivity index (χ2n) is 6.52. The third-order valence-corrected chi connectivity index (χ3v) is 5.35. The van der Waals surface area contributed by atoms with Crippen LogP contribution in [0.15, 0.2) is 71.6 Å². The fourth-order valence-corrected chi connectivity index (χ4v) is 3.33. The number of sulfonamides is 1. The zero-order chi connectivity index (χ0) is 22.4. The van der Waals surface area contributed by atoms with E-state index < -0.39 is 10.0 Å². The topological polar surface area (TPSA) is 117 Å². The first-order valence-electron chi connectivity index (χ1n) is 9.18. The Kier molecular flexibility index (Phi) is 6.78. The summed E-state index contributed by atoms with van der Waals surface area (Å²) in [5, 5.41) is 7.80. The van der Waals surface area contributed by atoms with Gasteiger partial charge in [0, 0.05) is 22.9 Å². The van der Waals surface area contributed by atoms with Crippen molar-refractivity contribution in [3.05, 3.63) is 77.9 Å². The molecule has 0 atom stereocenters. The van der Waals surface area contributed by atoms with Crippen LogP contribution in [-0.4, -0.2) is 28.5 Å². The minimum absolute atomic E-state index is 0.0353. The monoisotopic (exact) mass is 442 g/mol. The molecular weight excluding hydrogens is 420 g/mol. The average Bonchev–Trinajstić information content (AvgIpc) is 2.77. The fraction of sp³-hybridized carbons (Fsp3) is 0.136. The molecule has 0 saturated carbocycles. The number of methoxy groups -OCH3 is 2. The highest BCUT2D eigenvalue weighted by Crippen LogP contribution is 2.25. The summed E-state index contributed by atoms with van der Waals surface area (Å²) in [6.45, 7) is 0.181. The quantitative estimate of drug-likeness (QED) is 0.553. The van der Waals surface area contributed by atoms with Crippen molar-refractivity contribution in [3.63, 3.8) is 0 Å². The van der Waals surface area contributed by atoms with Gasteiger partial charge in [0.25, 0.3) is 5.91 Å². The van der Waals surface area contributed by atoms with Gasteiger partial charge in [0.1, 0.15) is 23.9 Å². The minimum Gasteiger partial charge on any atom is -0.497 e. The number of primary sulfonamides is 1. The maximum Gasteiger partial charge on any atom is 0.255 e. The van der Waals surface area contributed by atoms with Crippen LogP contribution in [-0.2, 0) is 16.6 Å². The maximum atomic E-state index is 12.7. The Morgan fingerprint density at radius 2 is 1.65 bits per heavy atom. The number of nitrogens with one attached hydrogen (secondary N) is 1. The lowest BCUT2D eigenvalue weighted by Crippen LogP contribution is -2.14. The van der Waals surface area contributed by atoms with Crippen molar-refractivity contribution in [3.8, 4) is 17.2 Å². The van der Waals surface area contributed by atoms with E-state index in [2.05, 4.69) is 5.32 Å². The van der Waals surface area contributed by atoms with E-state index in [0.717, 1.165) is 0 Å². The van der Waals surface area contributed by atoms with Gasteiger partial charge < -0.3 is 19.5 Å². The Morgan fingerprint density at radius 1 is 0.935 bits per heavy atom. The minimum atomic E-state index is -3.80. The van der Waals surface area contributed by atoms with Gasteiger partial charge in [-0.1, -0.05) is 6.07 Å². The van der Waals surface area contributed by atoms with Crippen LogP contribution < -0.4 is 24.7 Å². The summed E-state index contributed by atoms with van der Waals surface area (Å²) in [5.74, 6) is 1.50. The Balaban J connectivity index is 1.74. The highest BCUT2D eigenvalue weighted by atomic mass is 32.2. The molecule has 8 nitrogen and oxygen atoms in total. The molecule has 3 rings (SSSR count). The number of rotatable bonds is 8. The highest BCUT2D eigenvalue weighted by Gasteiger charge is 2.13. The van der Waals surface area contributed by atoms with Crippen LogP contribution in [0.3, 0.4) is 0 Å².